The third-order valence-corrected chi connectivity index (χ3v) is 3.98. The quantitative estimate of drug-likeness (QED) is 0.752. The van der Waals surface area contributed by atoms with Gasteiger partial charge in [0.2, 0.25) is 5.91 Å². The SMILES string of the molecule is O=C(CN1C(=O)c2ccccc2C1=O)NCCn1nc(C(F)(F)F)ccc1=O. The Morgan fingerprint density at radius 3 is 2.18 bits per heavy atom. The standard InChI is InChI=1S/C17H13F3N4O4/c18-17(19,20)12-5-6-14(26)24(22-12)8-7-21-13(25)9-23-15(27)10-3-1-2-4-11(10)16(23)28/h1-6H,7-9H2,(H,21,25). The van der Waals surface area contributed by atoms with Crippen molar-refractivity contribution in [3.05, 3.63) is 63.6 Å². The number of rotatable bonds is 5. The van der Waals surface area contributed by atoms with Crippen molar-refractivity contribution in [3.63, 3.8) is 0 Å². The summed E-state index contributed by atoms with van der Waals surface area (Å²) in [5.74, 6) is -1.91. The van der Waals surface area contributed by atoms with Gasteiger partial charge in [0.1, 0.15) is 6.54 Å². The normalized spacial score (nSPS) is 13.6. The average molecular weight is 394 g/mol. The molecule has 1 aliphatic heterocycles. The Morgan fingerprint density at radius 2 is 1.61 bits per heavy atom. The van der Waals surface area contributed by atoms with E-state index in [2.05, 4.69) is 10.4 Å². The van der Waals surface area contributed by atoms with Gasteiger partial charge in [-0.2, -0.15) is 18.3 Å². The molecule has 28 heavy (non-hydrogen) atoms. The zero-order valence-electron chi connectivity index (χ0n) is 14.2. The fourth-order valence-electron chi connectivity index (χ4n) is 2.64. The van der Waals surface area contributed by atoms with Gasteiger partial charge >= 0.3 is 6.18 Å². The van der Waals surface area contributed by atoms with Crippen molar-refractivity contribution in [1.29, 1.82) is 0 Å². The summed E-state index contributed by atoms with van der Waals surface area (Å²) in [5.41, 5.74) is -1.60. The maximum atomic E-state index is 12.6. The molecule has 11 heteroatoms. The molecule has 1 aromatic carbocycles. The largest absolute Gasteiger partial charge is 0.435 e. The summed E-state index contributed by atoms with van der Waals surface area (Å²) in [6.07, 6.45) is -4.70. The first-order chi connectivity index (χ1) is 13.2. The molecule has 0 saturated carbocycles. The summed E-state index contributed by atoms with van der Waals surface area (Å²) in [5, 5.41) is 5.55. The number of nitrogens with zero attached hydrogens (tertiary/aromatic N) is 3. The molecule has 3 rings (SSSR count). The van der Waals surface area contributed by atoms with Crippen molar-refractivity contribution >= 4 is 17.7 Å². The van der Waals surface area contributed by atoms with Gasteiger partial charge in [0.25, 0.3) is 17.4 Å². The Morgan fingerprint density at radius 1 is 1.00 bits per heavy atom. The van der Waals surface area contributed by atoms with Gasteiger partial charge in [0.15, 0.2) is 5.69 Å². The van der Waals surface area contributed by atoms with Crippen LogP contribution in [0.1, 0.15) is 26.4 Å². The molecular weight excluding hydrogens is 381 g/mol. The Balaban J connectivity index is 1.58. The van der Waals surface area contributed by atoms with E-state index in [1.54, 1.807) is 12.1 Å². The zero-order chi connectivity index (χ0) is 20.5. The smallest absolute Gasteiger partial charge is 0.353 e. The molecule has 2 aromatic rings. The minimum absolute atomic E-state index is 0.194. The summed E-state index contributed by atoms with van der Waals surface area (Å²) < 4.78 is 38.5. The number of fused-ring (bicyclic) bond motifs is 1. The molecule has 0 unspecified atom stereocenters. The summed E-state index contributed by atoms with van der Waals surface area (Å²) >= 11 is 0. The first-order valence-corrected chi connectivity index (χ1v) is 8.06. The molecule has 0 bridgehead atoms. The number of amides is 3. The van der Waals surface area contributed by atoms with Gasteiger partial charge in [-0.1, -0.05) is 12.1 Å². The highest BCUT2D eigenvalue weighted by Crippen LogP contribution is 2.26. The summed E-state index contributed by atoms with van der Waals surface area (Å²) in [7, 11) is 0. The topological polar surface area (TPSA) is 101 Å². The van der Waals surface area contributed by atoms with E-state index in [0.29, 0.717) is 10.7 Å². The van der Waals surface area contributed by atoms with Crippen LogP contribution in [0.3, 0.4) is 0 Å². The van der Waals surface area contributed by atoms with E-state index < -0.39 is 41.7 Å². The average Bonchev–Trinajstić information content (AvgIpc) is 2.87. The molecule has 1 aromatic heterocycles. The van der Waals surface area contributed by atoms with E-state index in [9.17, 15) is 32.3 Å². The Hall–Kier alpha value is -3.50. The lowest BCUT2D eigenvalue weighted by Gasteiger charge is -2.14. The van der Waals surface area contributed by atoms with Gasteiger partial charge < -0.3 is 5.32 Å². The predicted molar refractivity (Wildman–Crippen MR) is 88.3 cm³/mol. The fourth-order valence-corrected chi connectivity index (χ4v) is 2.64. The predicted octanol–water partition coefficient (Wildman–Crippen LogP) is 0.675. The number of hydrogen-bond donors (Lipinski definition) is 1. The number of aromatic nitrogens is 2. The van der Waals surface area contributed by atoms with Crippen LogP contribution in [0, 0.1) is 0 Å². The number of carbonyl (C=O) groups is 3. The maximum absolute atomic E-state index is 12.6. The number of nitrogens with one attached hydrogen (secondary N) is 1. The first-order valence-electron chi connectivity index (χ1n) is 8.06. The first kappa shape index (κ1) is 19.3. The molecule has 3 amide bonds. The Labute approximate surface area is 155 Å². The van der Waals surface area contributed by atoms with Crippen LogP contribution in [0.15, 0.2) is 41.2 Å². The molecule has 0 saturated heterocycles. The Bertz CT molecular complexity index is 981. The van der Waals surface area contributed by atoms with Crippen LogP contribution >= 0.6 is 0 Å². The molecule has 0 aliphatic carbocycles. The minimum atomic E-state index is -4.70. The minimum Gasteiger partial charge on any atom is -0.353 e. The van der Waals surface area contributed by atoms with Crippen molar-refractivity contribution in [2.45, 2.75) is 12.7 Å². The number of halogens is 3. The highest BCUT2D eigenvalue weighted by molar-refractivity contribution is 6.22. The fraction of sp³-hybridized carbons (Fsp3) is 0.235. The van der Waals surface area contributed by atoms with Crippen LogP contribution in [-0.2, 0) is 17.5 Å². The third kappa shape index (κ3) is 3.77. The summed E-state index contributed by atoms with van der Waals surface area (Å²) in [4.78, 5) is 48.7. The number of carbonyl (C=O) groups excluding carboxylic acids is 3. The zero-order valence-corrected chi connectivity index (χ0v) is 14.2. The van der Waals surface area contributed by atoms with Crippen molar-refractivity contribution in [2.75, 3.05) is 13.1 Å². The van der Waals surface area contributed by atoms with Gasteiger partial charge in [0, 0.05) is 12.6 Å². The molecular formula is C17H13F3N4O4. The van der Waals surface area contributed by atoms with Crippen LogP contribution in [0.25, 0.3) is 0 Å². The molecule has 0 radical (unpaired) electrons. The lowest BCUT2D eigenvalue weighted by atomic mass is 10.1. The maximum Gasteiger partial charge on any atom is 0.435 e. The lowest BCUT2D eigenvalue weighted by Crippen LogP contribution is -2.41. The highest BCUT2D eigenvalue weighted by Gasteiger charge is 2.36. The van der Waals surface area contributed by atoms with Crippen molar-refractivity contribution in [3.8, 4) is 0 Å². The van der Waals surface area contributed by atoms with E-state index in [-0.39, 0.29) is 24.2 Å². The molecule has 0 spiro atoms. The van der Waals surface area contributed by atoms with Crippen molar-refractivity contribution in [1.82, 2.24) is 20.0 Å². The lowest BCUT2D eigenvalue weighted by molar-refractivity contribution is -0.142. The molecule has 0 atom stereocenters. The number of imide groups is 1. The van der Waals surface area contributed by atoms with Crippen LogP contribution < -0.4 is 10.9 Å². The van der Waals surface area contributed by atoms with E-state index in [4.69, 9.17) is 0 Å². The van der Waals surface area contributed by atoms with Crippen LogP contribution in [-0.4, -0.2) is 45.5 Å². The molecule has 1 N–H and O–H groups in total. The van der Waals surface area contributed by atoms with E-state index in [1.165, 1.54) is 12.1 Å². The van der Waals surface area contributed by atoms with Crippen molar-refractivity contribution in [2.24, 2.45) is 0 Å². The second-order valence-corrected chi connectivity index (χ2v) is 5.87. The number of alkyl halides is 3. The van der Waals surface area contributed by atoms with Crippen LogP contribution in [0.2, 0.25) is 0 Å². The Kier molecular flexibility index (Phi) is 4.99. The van der Waals surface area contributed by atoms with Crippen LogP contribution in [0.4, 0.5) is 13.2 Å². The molecule has 2 heterocycles. The van der Waals surface area contributed by atoms with Gasteiger partial charge in [-0.05, 0) is 18.2 Å². The van der Waals surface area contributed by atoms with E-state index >= 15 is 0 Å². The molecule has 0 fully saturated rings. The summed E-state index contributed by atoms with van der Waals surface area (Å²) in [6, 6.07) is 7.43. The number of benzene rings is 1. The summed E-state index contributed by atoms with van der Waals surface area (Å²) in [6.45, 7) is -1.07. The second-order valence-electron chi connectivity index (χ2n) is 5.87. The van der Waals surface area contributed by atoms with Crippen LogP contribution in [0.5, 0.6) is 0 Å². The monoisotopic (exact) mass is 394 g/mol. The molecule has 8 nitrogen and oxygen atoms in total. The van der Waals surface area contributed by atoms with Gasteiger partial charge in [-0.25, -0.2) is 4.68 Å². The second kappa shape index (κ2) is 7.25. The van der Waals surface area contributed by atoms with Gasteiger partial charge in [-0.15, -0.1) is 0 Å². The van der Waals surface area contributed by atoms with E-state index in [1.807, 2.05) is 0 Å². The molecule has 146 valence electrons. The van der Waals surface area contributed by atoms with E-state index in [0.717, 1.165) is 11.0 Å². The third-order valence-electron chi connectivity index (χ3n) is 3.98. The highest BCUT2D eigenvalue weighted by atomic mass is 19.4. The van der Waals surface area contributed by atoms with Crippen molar-refractivity contribution < 1.29 is 27.6 Å². The molecule has 1 aliphatic rings. The van der Waals surface area contributed by atoms with Gasteiger partial charge in [-0.3, -0.25) is 24.1 Å². The van der Waals surface area contributed by atoms with Gasteiger partial charge in [0.05, 0.1) is 17.7 Å². The number of hydrogen-bond acceptors (Lipinski definition) is 5.